The number of urea groups is 1. The van der Waals surface area contributed by atoms with Gasteiger partial charge in [-0.25, -0.2) is 4.79 Å². The molecule has 3 heterocycles. The molecule has 2 aliphatic carbocycles. The zero-order chi connectivity index (χ0) is 21.5. The number of amides is 4. The summed E-state index contributed by atoms with van der Waals surface area (Å²) in [6.45, 7) is 0. The van der Waals surface area contributed by atoms with Gasteiger partial charge in [0.25, 0.3) is 5.91 Å². The van der Waals surface area contributed by atoms with Crippen LogP contribution in [0.2, 0.25) is 0 Å². The molecular formula is C19H23N9O3. The van der Waals surface area contributed by atoms with Crippen LogP contribution in [0.1, 0.15) is 44.1 Å². The van der Waals surface area contributed by atoms with Gasteiger partial charge in [-0.15, -0.1) is 0 Å². The summed E-state index contributed by atoms with van der Waals surface area (Å²) in [5, 5.41) is 15.7. The van der Waals surface area contributed by atoms with E-state index >= 15 is 0 Å². The van der Waals surface area contributed by atoms with E-state index in [-0.39, 0.29) is 23.6 Å². The van der Waals surface area contributed by atoms with Crippen molar-refractivity contribution in [2.75, 3.05) is 10.6 Å². The summed E-state index contributed by atoms with van der Waals surface area (Å²) in [5.74, 6) is 0.185. The molecule has 12 heteroatoms. The van der Waals surface area contributed by atoms with Crippen LogP contribution in [-0.2, 0) is 9.59 Å². The van der Waals surface area contributed by atoms with Gasteiger partial charge >= 0.3 is 6.03 Å². The highest BCUT2D eigenvalue weighted by atomic mass is 16.2. The predicted octanol–water partition coefficient (Wildman–Crippen LogP) is 0.335. The van der Waals surface area contributed by atoms with E-state index in [0.29, 0.717) is 29.1 Å². The first-order valence-electron chi connectivity index (χ1n) is 10.4. The molecule has 0 unspecified atom stereocenters. The van der Waals surface area contributed by atoms with Crippen LogP contribution in [0.5, 0.6) is 0 Å². The highest BCUT2D eigenvalue weighted by molar-refractivity contribution is 6.14. The molecule has 0 aromatic carbocycles. The van der Waals surface area contributed by atoms with E-state index in [1.807, 2.05) is 0 Å². The molecule has 31 heavy (non-hydrogen) atoms. The van der Waals surface area contributed by atoms with Gasteiger partial charge in [-0.2, -0.15) is 19.6 Å². The van der Waals surface area contributed by atoms with Crippen LogP contribution >= 0.6 is 0 Å². The quantitative estimate of drug-likeness (QED) is 0.326. The fourth-order valence-corrected chi connectivity index (χ4v) is 3.91. The molecule has 0 spiro atoms. The molecule has 1 saturated heterocycles. The van der Waals surface area contributed by atoms with E-state index in [0.717, 1.165) is 38.5 Å². The largest absolute Gasteiger partial charge is 0.369 e. The van der Waals surface area contributed by atoms with Crippen molar-refractivity contribution in [1.29, 1.82) is 0 Å². The Kier molecular flexibility index (Phi) is 4.68. The maximum atomic E-state index is 11.9. The average Bonchev–Trinajstić information content (AvgIpc) is 3.37. The van der Waals surface area contributed by atoms with Gasteiger partial charge in [0.2, 0.25) is 17.8 Å². The first-order chi connectivity index (χ1) is 15.0. The zero-order valence-electron chi connectivity index (χ0n) is 16.7. The fraction of sp³-hybridized carbons (Fsp3) is 0.474. The number of nitrogens with two attached hydrogens (primary N) is 1. The lowest BCUT2D eigenvalue weighted by atomic mass is 9.86. The van der Waals surface area contributed by atoms with Crippen molar-refractivity contribution in [3.63, 3.8) is 0 Å². The van der Waals surface area contributed by atoms with Gasteiger partial charge < -0.3 is 21.7 Å². The number of fused-ring (bicyclic) bond motifs is 1. The van der Waals surface area contributed by atoms with Gasteiger partial charge in [0, 0.05) is 23.6 Å². The monoisotopic (exact) mass is 425 g/mol. The number of rotatable bonds is 6. The predicted molar refractivity (Wildman–Crippen MR) is 111 cm³/mol. The maximum absolute atomic E-state index is 11.9. The molecule has 2 aromatic heterocycles. The molecule has 2 aromatic rings. The lowest BCUT2D eigenvalue weighted by Crippen LogP contribution is -2.33. The molecule has 162 valence electrons. The number of nitrogens with one attached hydrogen (secondary N) is 4. The smallest absolute Gasteiger partial charge is 0.326 e. The first kappa shape index (κ1) is 19.3. The van der Waals surface area contributed by atoms with Crippen molar-refractivity contribution >= 4 is 41.5 Å². The van der Waals surface area contributed by atoms with Crippen LogP contribution in [0.4, 0.5) is 16.7 Å². The SMILES string of the molecule is NC(=O)[C@H]1CC[C@H](Nc2nc(NC3CC3)n3ncc(/C=C4\NC(=O)NC4=O)c3n2)CC1. The Labute approximate surface area is 177 Å². The molecule has 3 aliphatic rings. The second-order valence-corrected chi connectivity index (χ2v) is 8.19. The Bertz CT molecular complexity index is 1100. The number of anilines is 2. The summed E-state index contributed by atoms with van der Waals surface area (Å²) >= 11 is 0. The fourth-order valence-electron chi connectivity index (χ4n) is 3.91. The standard InChI is InChI=1S/C19H23N9O3/c20-14(29)9-1-3-11(4-2-9)22-17-25-15-10(7-13-16(30)26-19(31)24-13)8-21-28(15)18(27-17)23-12-5-6-12/h7-9,11-12H,1-6H2,(H2,20,29)(H2,22,23,25,27)(H2,24,26,30,31)/b13-7-/t9-,11-. The van der Waals surface area contributed by atoms with Crippen LogP contribution in [0.25, 0.3) is 11.7 Å². The number of carbonyl (C=O) groups is 3. The molecule has 6 N–H and O–H groups in total. The minimum absolute atomic E-state index is 0.0747. The van der Waals surface area contributed by atoms with Crippen molar-refractivity contribution in [1.82, 2.24) is 30.2 Å². The molecule has 0 radical (unpaired) electrons. The average molecular weight is 425 g/mol. The number of primary amides is 1. The molecule has 4 amide bonds. The number of carbonyl (C=O) groups excluding carboxylic acids is 3. The summed E-state index contributed by atoms with van der Waals surface area (Å²) < 4.78 is 1.59. The third-order valence-electron chi connectivity index (χ3n) is 5.79. The lowest BCUT2D eigenvalue weighted by molar-refractivity contribution is -0.122. The second-order valence-electron chi connectivity index (χ2n) is 8.19. The first-order valence-corrected chi connectivity index (χ1v) is 10.4. The van der Waals surface area contributed by atoms with Crippen LogP contribution in [0.3, 0.4) is 0 Å². The third-order valence-corrected chi connectivity index (χ3v) is 5.79. The molecule has 12 nitrogen and oxygen atoms in total. The number of nitrogens with zero attached hydrogens (tertiary/aromatic N) is 4. The minimum Gasteiger partial charge on any atom is -0.369 e. The summed E-state index contributed by atoms with van der Waals surface area (Å²) in [6, 6.07) is -0.0772. The zero-order valence-corrected chi connectivity index (χ0v) is 16.7. The number of aromatic nitrogens is 4. The van der Waals surface area contributed by atoms with Gasteiger partial charge in [0.05, 0.1) is 6.20 Å². The molecule has 5 rings (SSSR count). The van der Waals surface area contributed by atoms with Gasteiger partial charge in [-0.05, 0) is 44.6 Å². The van der Waals surface area contributed by atoms with Gasteiger partial charge in [-0.1, -0.05) is 0 Å². The van der Waals surface area contributed by atoms with Crippen LogP contribution in [0.15, 0.2) is 11.9 Å². The second kappa shape index (κ2) is 7.52. The lowest BCUT2D eigenvalue weighted by Gasteiger charge is -2.27. The highest BCUT2D eigenvalue weighted by Gasteiger charge is 2.28. The van der Waals surface area contributed by atoms with Crippen LogP contribution < -0.4 is 27.0 Å². The molecule has 0 bridgehead atoms. The summed E-state index contributed by atoms with van der Waals surface area (Å²) in [5.41, 5.74) is 6.65. The highest BCUT2D eigenvalue weighted by Crippen LogP contribution is 2.28. The normalized spacial score (nSPS) is 24.8. The molecule has 1 aliphatic heterocycles. The van der Waals surface area contributed by atoms with E-state index in [1.54, 1.807) is 10.7 Å². The van der Waals surface area contributed by atoms with Crippen molar-refractivity contribution in [2.45, 2.75) is 50.6 Å². The van der Waals surface area contributed by atoms with E-state index < -0.39 is 11.9 Å². The van der Waals surface area contributed by atoms with E-state index in [9.17, 15) is 14.4 Å². The Morgan fingerprint density at radius 2 is 1.77 bits per heavy atom. The third kappa shape index (κ3) is 4.00. The Morgan fingerprint density at radius 3 is 2.42 bits per heavy atom. The van der Waals surface area contributed by atoms with Gasteiger partial charge in [0.15, 0.2) is 5.65 Å². The Balaban J connectivity index is 1.44. The topological polar surface area (TPSA) is 168 Å². The Hall–Kier alpha value is -3.70. The summed E-state index contributed by atoms with van der Waals surface area (Å²) in [4.78, 5) is 43.9. The summed E-state index contributed by atoms with van der Waals surface area (Å²) in [6.07, 6.45) is 8.33. The van der Waals surface area contributed by atoms with Gasteiger partial charge in [-0.3, -0.25) is 14.9 Å². The Morgan fingerprint density at radius 1 is 1.06 bits per heavy atom. The number of hydrogen-bond acceptors (Lipinski definition) is 8. The molecular weight excluding hydrogens is 402 g/mol. The maximum Gasteiger partial charge on any atom is 0.326 e. The van der Waals surface area contributed by atoms with Crippen LogP contribution in [0, 0.1) is 5.92 Å². The number of imide groups is 1. The van der Waals surface area contributed by atoms with E-state index in [2.05, 4.69) is 36.3 Å². The molecule has 0 atom stereocenters. The molecule has 3 fully saturated rings. The number of hydrogen-bond donors (Lipinski definition) is 5. The van der Waals surface area contributed by atoms with E-state index in [1.165, 1.54) is 6.08 Å². The van der Waals surface area contributed by atoms with Crippen molar-refractivity contribution in [2.24, 2.45) is 11.7 Å². The van der Waals surface area contributed by atoms with Crippen molar-refractivity contribution in [3.8, 4) is 0 Å². The van der Waals surface area contributed by atoms with E-state index in [4.69, 9.17) is 5.73 Å². The van der Waals surface area contributed by atoms with Crippen molar-refractivity contribution < 1.29 is 14.4 Å². The van der Waals surface area contributed by atoms with Crippen molar-refractivity contribution in [3.05, 3.63) is 17.5 Å². The van der Waals surface area contributed by atoms with Gasteiger partial charge in [0.1, 0.15) is 5.70 Å². The summed E-state index contributed by atoms with van der Waals surface area (Å²) in [7, 11) is 0. The minimum atomic E-state index is -0.563. The molecule has 2 saturated carbocycles. The van der Waals surface area contributed by atoms with Crippen LogP contribution in [-0.4, -0.2) is 49.5 Å².